The van der Waals surface area contributed by atoms with E-state index in [0.29, 0.717) is 42.1 Å². The number of halogens is 2. The summed E-state index contributed by atoms with van der Waals surface area (Å²) in [4.78, 5) is 39.0. The van der Waals surface area contributed by atoms with E-state index < -0.39 is 17.3 Å². The second kappa shape index (κ2) is 8.71. The average Bonchev–Trinajstić information content (AvgIpc) is 2.75. The van der Waals surface area contributed by atoms with Crippen LogP contribution in [0.15, 0.2) is 53.3 Å². The van der Waals surface area contributed by atoms with Gasteiger partial charge in [0.2, 0.25) is 0 Å². The molecule has 0 fully saturated rings. The van der Waals surface area contributed by atoms with Gasteiger partial charge in [0.05, 0.1) is 5.69 Å². The third-order valence-corrected chi connectivity index (χ3v) is 5.90. The van der Waals surface area contributed by atoms with E-state index in [2.05, 4.69) is 19.2 Å². The van der Waals surface area contributed by atoms with Gasteiger partial charge in [-0.3, -0.25) is 19.0 Å². The number of rotatable bonds is 4. The van der Waals surface area contributed by atoms with Crippen molar-refractivity contribution in [3.05, 3.63) is 92.1 Å². The van der Waals surface area contributed by atoms with Crippen molar-refractivity contribution in [2.24, 2.45) is 0 Å². The Kier molecular flexibility index (Phi) is 5.98. The van der Waals surface area contributed by atoms with Crippen molar-refractivity contribution >= 4 is 29.0 Å². The van der Waals surface area contributed by atoms with Gasteiger partial charge in [0, 0.05) is 28.4 Å². The van der Waals surface area contributed by atoms with Crippen LogP contribution in [0.2, 0.25) is 5.02 Å². The van der Waals surface area contributed by atoms with Gasteiger partial charge in [-0.05, 0) is 60.7 Å². The summed E-state index contributed by atoms with van der Waals surface area (Å²) in [5, 5.41) is 2.61. The maximum atomic E-state index is 14.2. The van der Waals surface area contributed by atoms with Crippen LogP contribution in [0.25, 0.3) is 5.69 Å². The van der Waals surface area contributed by atoms with Crippen LogP contribution in [-0.4, -0.2) is 16.3 Å². The minimum atomic E-state index is -0.787. The summed E-state index contributed by atoms with van der Waals surface area (Å²) < 4.78 is 15.6. The number of amides is 1. The van der Waals surface area contributed by atoms with Crippen molar-refractivity contribution in [1.82, 2.24) is 4.57 Å². The number of fused-ring (bicyclic) bond motifs is 1. The first kappa shape index (κ1) is 22.0. The van der Waals surface area contributed by atoms with Crippen molar-refractivity contribution in [3.8, 4) is 5.69 Å². The smallest absolute Gasteiger partial charge is 0.268 e. The normalized spacial score (nSPS) is 13.2. The first-order valence-electron chi connectivity index (χ1n) is 10.4. The number of nitrogens with one attached hydrogen (secondary N) is 1. The Morgan fingerprint density at radius 1 is 1.06 bits per heavy atom. The molecule has 1 N–H and O–H groups in total. The summed E-state index contributed by atoms with van der Waals surface area (Å²) in [6, 6.07) is 12.7. The van der Waals surface area contributed by atoms with Gasteiger partial charge in [-0.15, -0.1) is 0 Å². The molecule has 1 heterocycles. The molecule has 2 aromatic carbocycles. The molecule has 5 nitrogen and oxygen atoms in total. The fraction of sp³-hybridized carbons (Fsp3) is 0.240. The minimum Gasteiger partial charge on any atom is -0.319 e. The number of pyridine rings is 1. The van der Waals surface area contributed by atoms with Crippen LogP contribution in [0, 0.1) is 5.82 Å². The van der Waals surface area contributed by atoms with Gasteiger partial charge in [0.25, 0.3) is 11.5 Å². The molecule has 0 aliphatic heterocycles. The molecule has 1 aliphatic rings. The number of ketones is 1. The molecule has 0 atom stereocenters. The molecule has 0 saturated heterocycles. The Labute approximate surface area is 189 Å². The maximum absolute atomic E-state index is 14.2. The Morgan fingerprint density at radius 2 is 1.78 bits per heavy atom. The molecule has 4 rings (SSSR count). The molecular weight excluding hydrogens is 431 g/mol. The third-order valence-electron chi connectivity index (χ3n) is 5.66. The zero-order valence-corrected chi connectivity index (χ0v) is 18.5. The van der Waals surface area contributed by atoms with Crippen LogP contribution in [-0.2, 0) is 6.42 Å². The lowest BCUT2D eigenvalue weighted by Gasteiger charge is -2.22. The fourth-order valence-corrected chi connectivity index (χ4v) is 4.08. The van der Waals surface area contributed by atoms with Gasteiger partial charge >= 0.3 is 0 Å². The molecule has 7 heteroatoms. The Hall–Kier alpha value is -3.25. The monoisotopic (exact) mass is 452 g/mol. The van der Waals surface area contributed by atoms with Crippen molar-refractivity contribution < 1.29 is 14.0 Å². The fourth-order valence-electron chi connectivity index (χ4n) is 3.92. The van der Waals surface area contributed by atoms with Gasteiger partial charge < -0.3 is 5.32 Å². The van der Waals surface area contributed by atoms with Crippen LogP contribution in [0.3, 0.4) is 0 Å². The maximum Gasteiger partial charge on any atom is 0.268 e. The number of aromatic nitrogens is 1. The zero-order chi connectivity index (χ0) is 23.0. The lowest BCUT2D eigenvalue weighted by molar-refractivity contribution is 0.0971. The Balaban J connectivity index is 1.84. The molecule has 1 amide bonds. The van der Waals surface area contributed by atoms with E-state index in [4.69, 9.17) is 11.6 Å². The van der Waals surface area contributed by atoms with Crippen molar-refractivity contribution in [2.75, 3.05) is 5.32 Å². The van der Waals surface area contributed by atoms with E-state index in [-0.39, 0.29) is 22.1 Å². The van der Waals surface area contributed by atoms with E-state index in [1.807, 2.05) is 24.3 Å². The molecule has 0 saturated carbocycles. The van der Waals surface area contributed by atoms with E-state index in [9.17, 15) is 18.8 Å². The van der Waals surface area contributed by atoms with Crippen molar-refractivity contribution in [2.45, 2.75) is 39.0 Å². The second-order valence-electron chi connectivity index (χ2n) is 8.16. The Bertz CT molecular complexity index is 1280. The number of hydrogen-bond donors (Lipinski definition) is 1. The largest absolute Gasteiger partial charge is 0.319 e. The summed E-state index contributed by atoms with van der Waals surface area (Å²) in [6.45, 7) is 4.14. The number of hydrogen-bond acceptors (Lipinski definition) is 3. The summed E-state index contributed by atoms with van der Waals surface area (Å²) in [5.41, 5.74) is 1.76. The SMILES string of the molecule is CC(C)c1ccc(-n2c3c(cc(C(=O)Nc4ccc(Cl)cc4F)c2=O)C(=O)CCC3)cc1. The first-order chi connectivity index (χ1) is 15.3. The van der Waals surface area contributed by atoms with Gasteiger partial charge in [0.15, 0.2) is 5.78 Å². The molecule has 1 aliphatic carbocycles. The molecule has 32 heavy (non-hydrogen) atoms. The highest BCUT2D eigenvalue weighted by molar-refractivity contribution is 6.30. The molecule has 164 valence electrons. The minimum absolute atomic E-state index is 0.101. The standard InChI is InChI=1S/C25H22ClFN2O3/c1-14(2)15-6-9-17(10-7-15)29-22-4-3-5-23(30)18(22)13-19(25(29)32)24(31)28-21-11-8-16(26)12-20(21)27/h6-14H,3-5H2,1-2H3,(H,28,31). The van der Waals surface area contributed by atoms with Crippen molar-refractivity contribution in [1.29, 1.82) is 0 Å². The lowest BCUT2D eigenvalue weighted by atomic mass is 9.92. The summed E-state index contributed by atoms with van der Waals surface area (Å²) in [6.07, 6.45) is 1.54. The van der Waals surface area contributed by atoms with E-state index in [1.165, 1.54) is 22.8 Å². The number of anilines is 1. The molecule has 3 aromatic rings. The summed E-state index contributed by atoms with van der Waals surface area (Å²) in [7, 11) is 0. The first-order valence-corrected chi connectivity index (χ1v) is 10.8. The van der Waals surface area contributed by atoms with Gasteiger partial charge in [-0.1, -0.05) is 37.6 Å². The molecular formula is C25H22ClFN2O3. The van der Waals surface area contributed by atoms with Gasteiger partial charge in [-0.2, -0.15) is 0 Å². The number of benzene rings is 2. The molecule has 0 spiro atoms. The van der Waals surface area contributed by atoms with E-state index in [0.717, 1.165) is 11.6 Å². The average molecular weight is 453 g/mol. The second-order valence-corrected chi connectivity index (χ2v) is 8.60. The number of carbonyl (C=O) groups is 2. The van der Waals surface area contributed by atoms with Gasteiger partial charge in [0.1, 0.15) is 11.4 Å². The topological polar surface area (TPSA) is 68.2 Å². The predicted molar refractivity (Wildman–Crippen MR) is 123 cm³/mol. The lowest BCUT2D eigenvalue weighted by Crippen LogP contribution is -2.33. The number of carbonyl (C=O) groups excluding carboxylic acids is 2. The van der Waals surface area contributed by atoms with Crippen LogP contribution >= 0.6 is 11.6 Å². The van der Waals surface area contributed by atoms with Crippen LogP contribution < -0.4 is 10.9 Å². The highest BCUT2D eigenvalue weighted by Crippen LogP contribution is 2.25. The molecule has 1 aromatic heterocycles. The third kappa shape index (κ3) is 4.10. The van der Waals surface area contributed by atoms with Crippen LogP contribution in [0.4, 0.5) is 10.1 Å². The zero-order valence-electron chi connectivity index (χ0n) is 17.7. The highest BCUT2D eigenvalue weighted by Gasteiger charge is 2.26. The van der Waals surface area contributed by atoms with Crippen LogP contribution in [0.1, 0.15) is 64.6 Å². The molecule has 0 bridgehead atoms. The van der Waals surface area contributed by atoms with E-state index >= 15 is 0 Å². The van der Waals surface area contributed by atoms with Gasteiger partial charge in [-0.25, -0.2) is 4.39 Å². The Morgan fingerprint density at radius 3 is 2.44 bits per heavy atom. The summed E-state index contributed by atoms with van der Waals surface area (Å²) in [5.74, 6) is -1.30. The number of nitrogens with zero attached hydrogens (tertiary/aromatic N) is 1. The van der Waals surface area contributed by atoms with E-state index in [1.54, 1.807) is 0 Å². The van der Waals surface area contributed by atoms with Crippen LogP contribution in [0.5, 0.6) is 0 Å². The molecule has 0 unspecified atom stereocenters. The summed E-state index contributed by atoms with van der Waals surface area (Å²) >= 11 is 5.77. The highest BCUT2D eigenvalue weighted by atomic mass is 35.5. The quantitative estimate of drug-likeness (QED) is 0.566. The predicted octanol–water partition coefficient (Wildman–Crippen LogP) is 5.52. The number of Topliss-reactive ketones (excluding diaryl/α,β-unsaturated/α-hetero) is 1. The molecule has 0 radical (unpaired) electrons. The van der Waals surface area contributed by atoms with Crippen molar-refractivity contribution in [3.63, 3.8) is 0 Å².